The minimum Gasteiger partial charge on any atom is -0.416 e. The SMILES string of the molecule is c1ccc(N(c2ccccc2)c2ccc(-c3nnc(-c4ccc([Si](c5ccccc5)(c5ccccc5)c5ccc(-c6nnc(-c7ccc(N(c8ccccc8)c8ccccc8)cc7)o6)cc5)cc4)o3)cc2)cc1. The van der Waals surface area contributed by atoms with Gasteiger partial charge in [0.2, 0.25) is 23.6 Å². The zero-order valence-electron chi connectivity index (χ0n) is 39.6. The van der Waals surface area contributed by atoms with Gasteiger partial charge < -0.3 is 18.6 Å². The first kappa shape index (κ1) is 44.5. The molecule has 0 fully saturated rings. The third-order valence-corrected chi connectivity index (χ3v) is 18.0. The number of hydrogen-bond donors (Lipinski definition) is 0. The highest BCUT2D eigenvalue weighted by Gasteiger charge is 2.41. The van der Waals surface area contributed by atoms with Crippen molar-refractivity contribution in [3.8, 4) is 45.8 Å². The molecule has 9 heteroatoms. The van der Waals surface area contributed by atoms with Crippen LogP contribution in [0.25, 0.3) is 45.8 Å². The molecule has 0 bridgehead atoms. The maximum atomic E-state index is 6.39. The van der Waals surface area contributed by atoms with Crippen molar-refractivity contribution in [2.75, 3.05) is 9.80 Å². The Morgan fingerprint density at radius 2 is 0.425 bits per heavy atom. The van der Waals surface area contributed by atoms with Crippen molar-refractivity contribution in [2.24, 2.45) is 0 Å². The van der Waals surface area contributed by atoms with Gasteiger partial charge in [0.1, 0.15) is 0 Å². The van der Waals surface area contributed by atoms with Gasteiger partial charge in [0.25, 0.3) is 0 Å². The van der Waals surface area contributed by atoms with E-state index in [9.17, 15) is 0 Å². The van der Waals surface area contributed by atoms with Gasteiger partial charge in [-0.25, -0.2) is 0 Å². The molecule has 12 aromatic rings. The lowest BCUT2D eigenvalue weighted by molar-refractivity contribution is 0.584. The van der Waals surface area contributed by atoms with Crippen LogP contribution in [0.15, 0.2) is 288 Å². The summed E-state index contributed by atoms with van der Waals surface area (Å²) in [6, 6.07) is 96.9. The largest absolute Gasteiger partial charge is 0.416 e. The molecule has 73 heavy (non-hydrogen) atoms. The number of benzene rings is 10. The van der Waals surface area contributed by atoms with Gasteiger partial charge in [-0.3, -0.25) is 0 Å². The smallest absolute Gasteiger partial charge is 0.248 e. The van der Waals surface area contributed by atoms with Gasteiger partial charge in [0, 0.05) is 56.4 Å². The van der Waals surface area contributed by atoms with Gasteiger partial charge in [0.05, 0.1) is 0 Å². The molecule has 0 amide bonds. The molecule has 348 valence electrons. The van der Waals surface area contributed by atoms with E-state index >= 15 is 0 Å². The molecule has 2 heterocycles. The summed E-state index contributed by atoms with van der Waals surface area (Å²) >= 11 is 0. The molecular weight excluding hydrogens is 913 g/mol. The van der Waals surface area contributed by atoms with E-state index in [1.54, 1.807) is 0 Å². The lowest BCUT2D eigenvalue weighted by Gasteiger charge is -2.34. The second kappa shape index (κ2) is 20.0. The lowest BCUT2D eigenvalue weighted by atomic mass is 10.1. The number of para-hydroxylation sites is 4. The van der Waals surface area contributed by atoms with Gasteiger partial charge in [-0.05, 0) is 142 Å². The summed E-state index contributed by atoms with van der Waals surface area (Å²) in [6.07, 6.45) is 0. The topological polar surface area (TPSA) is 84.3 Å². The lowest BCUT2D eigenvalue weighted by Crippen LogP contribution is -2.74. The third-order valence-electron chi connectivity index (χ3n) is 13.2. The van der Waals surface area contributed by atoms with Crippen LogP contribution in [0, 0.1) is 0 Å². The summed E-state index contributed by atoms with van der Waals surface area (Å²) < 4.78 is 12.8. The first-order valence-electron chi connectivity index (χ1n) is 24.2. The number of anilines is 6. The molecule has 12 rings (SSSR count). The van der Waals surface area contributed by atoms with Crippen molar-refractivity contribution < 1.29 is 8.83 Å². The van der Waals surface area contributed by atoms with Gasteiger partial charge in [-0.1, -0.05) is 158 Å². The van der Waals surface area contributed by atoms with Crippen LogP contribution in [-0.2, 0) is 0 Å². The predicted molar refractivity (Wildman–Crippen MR) is 297 cm³/mol. The number of hydrogen-bond acceptors (Lipinski definition) is 8. The normalized spacial score (nSPS) is 11.3. The van der Waals surface area contributed by atoms with E-state index in [1.165, 1.54) is 20.7 Å². The molecule has 8 nitrogen and oxygen atoms in total. The van der Waals surface area contributed by atoms with Crippen molar-refractivity contribution in [1.82, 2.24) is 20.4 Å². The fourth-order valence-corrected chi connectivity index (χ4v) is 14.4. The highest BCUT2D eigenvalue weighted by atomic mass is 28.3. The molecule has 0 saturated carbocycles. The summed E-state index contributed by atoms with van der Waals surface area (Å²) in [4.78, 5) is 4.45. The molecule has 10 aromatic carbocycles. The highest BCUT2D eigenvalue weighted by Crippen LogP contribution is 2.37. The molecule has 0 unspecified atom stereocenters. The van der Waals surface area contributed by atoms with Crippen LogP contribution in [0.5, 0.6) is 0 Å². The van der Waals surface area contributed by atoms with Gasteiger partial charge in [-0.15, -0.1) is 20.4 Å². The van der Waals surface area contributed by atoms with Gasteiger partial charge >= 0.3 is 0 Å². The van der Waals surface area contributed by atoms with Crippen molar-refractivity contribution in [1.29, 1.82) is 0 Å². The van der Waals surface area contributed by atoms with E-state index < -0.39 is 8.07 Å². The minimum absolute atomic E-state index is 0.452. The standard InChI is InChI=1S/C64H46N6O2Si/c1-7-19-51(20-8-1)69(52-21-9-2-10-22-52)55-39-31-47(32-40-55)61-65-67-63(71-61)49-35-43-59(44-36-49)73(57-27-15-5-16-28-57,58-29-17-6-18-30-58)60-45-37-50(38-46-60)64-68-66-62(72-64)48-33-41-56(42-34-48)70(53-23-11-3-12-24-53)54-25-13-4-14-26-54/h1-46H. The highest BCUT2D eigenvalue weighted by molar-refractivity contribution is 7.19. The maximum Gasteiger partial charge on any atom is 0.248 e. The van der Waals surface area contributed by atoms with Crippen molar-refractivity contribution >= 4 is 62.9 Å². The van der Waals surface area contributed by atoms with Crippen LogP contribution in [0.2, 0.25) is 0 Å². The molecule has 0 atom stereocenters. The molecule has 0 aliphatic rings. The molecule has 2 aromatic heterocycles. The number of rotatable bonds is 14. The summed E-state index contributed by atoms with van der Waals surface area (Å²) in [5, 5.41) is 23.0. The number of nitrogens with zero attached hydrogens (tertiary/aromatic N) is 6. The molecular formula is C64H46N6O2Si. The Bertz CT molecular complexity index is 3360. The summed E-state index contributed by atoms with van der Waals surface area (Å²) in [5.41, 5.74) is 9.67. The summed E-state index contributed by atoms with van der Waals surface area (Å²) in [5.74, 6) is 1.81. The Morgan fingerprint density at radius 1 is 0.219 bits per heavy atom. The quantitative estimate of drug-likeness (QED) is 0.0787. The van der Waals surface area contributed by atoms with Gasteiger partial charge in [0.15, 0.2) is 8.07 Å². The second-order valence-electron chi connectivity index (χ2n) is 17.6. The summed E-state index contributed by atoms with van der Waals surface area (Å²) in [7, 11) is -2.91. The van der Waals surface area contributed by atoms with Crippen LogP contribution >= 0.6 is 0 Å². The maximum absolute atomic E-state index is 6.39. The predicted octanol–water partition coefficient (Wildman–Crippen LogP) is 13.4. The van der Waals surface area contributed by atoms with Crippen LogP contribution in [0.1, 0.15) is 0 Å². The Morgan fingerprint density at radius 3 is 0.685 bits per heavy atom. The fourth-order valence-electron chi connectivity index (χ4n) is 9.72. The number of aromatic nitrogens is 4. The Labute approximate surface area is 424 Å². The van der Waals surface area contributed by atoms with E-state index in [0.29, 0.717) is 23.6 Å². The second-order valence-corrected chi connectivity index (χ2v) is 21.4. The van der Waals surface area contributed by atoms with Crippen LogP contribution in [0.4, 0.5) is 34.1 Å². The first-order valence-corrected chi connectivity index (χ1v) is 26.2. The van der Waals surface area contributed by atoms with E-state index in [2.05, 4.69) is 261 Å². The molecule has 0 saturated heterocycles. The molecule has 0 aliphatic heterocycles. The van der Waals surface area contributed by atoms with Crippen molar-refractivity contribution in [3.05, 3.63) is 279 Å². The molecule has 0 radical (unpaired) electrons. The zero-order valence-corrected chi connectivity index (χ0v) is 40.6. The monoisotopic (exact) mass is 958 g/mol. The Hall–Kier alpha value is -9.70. The van der Waals surface area contributed by atoms with Crippen molar-refractivity contribution in [2.45, 2.75) is 0 Å². The van der Waals surface area contributed by atoms with E-state index in [-0.39, 0.29) is 0 Å². The van der Waals surface area contributed by atoms with Crippen LogP contribution < -0.4 is 30.5 Å². The fraction of sp³-hybridized carbons (Fsp3) is 0. The van der Waals surface area contributed by atoms with E-state index in [0.717, 1.165) is 56.4 Å². The average Bonchev–Trinajstić information content (AvgIpc) is 4.18. The molecule has 0 N–H and O–H groups in total. The van der Waals surface area contributed by atoms with Gasteiger partial charge in [-0.2, -0.15) is 0 Å². The summed E-state index contributed by atoms with van der Waals surface area (Å²) in [6.45, 7) is 0. The third kappa shape index (κ3) is 8.81. The Balaban J connectivity index is 0.835. The zero-order chi connectivity index (χ0) is 48.8. The van der Waals surface area contributed by atoms with Crippen LogP contribution in [-0.4, -0.2) is 28.5 Å². The van der Waals surface area contributed by atoms with Crippen LogP contribution in [0.3, 0.4) is 0 Å². The van der Waals surface area contributed by atoms with Crippen molar-refractivity contribution in [3.63, 3.8) is 0 Å². The minimum atomic E-state index is -2.91. The average molecular weight is 959 g/mol. The molecule has 0 aliphatic carbocycles. The molecule has 0 spiro atoms. The van der Waals surface area contributed by atoms with E-state index in [1.807, 2.05) is 48.5 Å². The Kier molecular flexibility index (Phi) is 12.2. The van der Waals surface area contributed by atoms with E-state index in [4.69, 9.17) is 8.83 Å². The first-order chi connectivity index (χ1) is 36.2.